The second kappa shape index (κ2) is 3.92. The Bertz CT molecular complexity index is 352. The minimum atomic E-state index is 0.245. The maximum absolute atomic E-state index is 7.25. The molecule has 1 fully saturated rings. The number of nitrogens with two attached hydrogens (primary N) is 1. The molecule has 0 saturated heterocycles. The largest absolute Gasteiger partial charge is 0.388 e. The standard InChI is InChI=1S/C10H17N5/c1-14-7-5-13-10(14)15(8-2-3-8)6-4-9(11)12/h5,7-8H,2-4,6H2,1H3,(H3,11,12). The Balaban J connectivity index is 2.06. The molecule has 0 unspecified atom stereocenters. The summed E-state index contributed by atoms with van der Waals surface area (Å²) in [6.07, 6.45) is 6.82. The SMILES string of the molecule is Cn1ccnc1N(CCC(=N)N)C1CC1. The number of rotatable bonds is 5. The quantitative estimate of drug-likeness (QED) is 0.552. The topological polar surface area (TPSA) is 70.9 Å². The fourth-order valence-electron chi connectivity index (χ4n) is 1.71. The van der Waals surface area contributed by atoms with Crippen molar-refractivity contribution in [2.45, 2.75) is 25.3 Å². The van der Waals surface area contributed by atoms with Gasteiger partial charge in [-0.1, -0.05) is 0 Å². The molecule has 0 radical (unpaired) electrons. The Morgan fingerprint density at radius 1 is 1.73 bits per heavy atom. The van der Waals surface area contributed by atoms with Crippen LogP contribution in [0.2, 0.25) is 0 Å². The molecule has 2 rings (SSSR count). The van der Waals surface area contributed by atoms with Gasteiger partial charge in [0.25, 0.3) is 0 Å². The molecule has 0 atom stereocenters. The third kappa shape index (κ3) is 2.29. The van der Waals surface area contributed by atoms with Gasteiger partial charge in [0.2, 0.25) is 5.95 Å². The zero-order valence-corrected chi connectivity index (χ0v) is 8.98. The van der Waals surface area contributed by atoms with E-state index in [-0.39, 0.29) is 5.84 Å². The first-order valence-corrected chi connectivity index (χ1v) is 5.25. The Morgan fingerprint density at radius 2 is 2.47 bits per heavy atom. The summed E-state index contributed by atoms with van der Waals surface area (Å²) in [5.74, 6) is 1.23. The molecule has 82 valence electrons. The number of aromatic nitrogens is 2. The number of hydrogen-bond donors (Lipinski definition) is 2. The van der Waals surface area contributed by atoms with Gasteiger partial charge in [0.15, 0.2) is 0 Å². The van der Waals surface area contributed by atoms with E-state index in [2.05, 4.69) is 9.88 Å². The molecule has 0 bridgehead atoms. The fraction of sp³-hybridized carbons (Fsp3) is 0.600. The van der Waals surface area contributed by atoms with Crippen molar-refractivity contribution in [1.82, 2.24) is 9.55 Å². The molecule has 1 aliphatic rings. The summed E-state index contributed by atoms with van der Waals surface area (Å²) in [6.45, 7) is 0.796. The van der Waals surface area contributed by atoms with Gasteiger partial charge in [-0.2, -0.15) is 0 Å². The maximum Gasteiger partial charge on any atom is 0.205 e. The van der Waals surface area contributed by atoms with E-state index in [9.17, 15) is 0 Å². The van der Waals surface area contributed by atoms with E-state index in [1.54, 1.807) is 6.20 Å². The number of nitrogens with one attached hydrogen (secondary N) is 1. The van der Waals surface area contributed by atoms with Crippen LogP contribution in [0.15, 0.2) is 12.4 Å². The molecule has 1 heterocycles. The van der Waals surface area contributed by atoms with Crippen LogP contribution in [0.1, 0.15) is 19.3 Å². The number of amidine groups is 1. The zero-order chi connectivity index (χ0) is 10.8. The molecule has 5 heteroatoms. The van der Waals surface area contributed by atoms with Crippen LogP contribution >= 0.6 is 0 Å². The predicted molar refractivity (Wildman–Crippen MR) is 60.1 cm³/mol. The Morgan fingerprint density at radius 3 is 2.93 bits per heavy atom. The van der Waals surface area contributed by atoms with Crippen LogP contribution in [0.5, 0.6) is 0 Å². The lowest BCUT2D eigenvalue weighted by atomic mass is 10.3. The Kier molecular flexibility index (Phi) is 2.62. The van der Waals surface area contributed by atoms with Crippen LogP contribution in [-0.2, 0) is 7.05 Å². The zero-order valence-electron chi connectivity index (χ0n) is 8.98. The van der Waals surface area contributed by atoms with Crippen molar-refractivity contribution in [2.24, 2.45) is 12.8 Å². The first-order chi connectivity index (χ1) is 7.18. The average Bonchev–Trinajstić information content (AvgIpc) is 2.92. The van der Waals surface area contributed by atoms with Crippen LogP contribution in [0, 0.1) is 5.41 Å². The second-order valence-electron chi connectivity index (χ2n) is 4.04. The average molecular weight is 207 g/mol. The molecule has 0 aromatic carbocycles. The van der Waals surface area contributed by atoms with Crippen molar-refractivity contribution in [3.8, 4) is 0 Å². The van der Waals surface area contributed by atoms with E-state index >= 15 is 0 Å². The number of imidazole rings is 1. The smallest absolute Gasteiger partial charge is 0.205 e. The first-order valence-electron chi connectivity index (χ1n) is 5.25. The third-order valence-corrected chi connectivity index (χ3v) is 2.66. The summed E-state index contributed by atoms with van der Waals surface area (Å²) in [5.41, 5.74) is 5.38. The number of aryl methyl sites for hydroxylation is 1. The minimum Gasteiger partial charge on any atom is -0.388 e. The lowest BCUT2D eigenvalue weighted by Gasteiger charge is -2.23. The van der Waals surface area contributed by atoms with Gasteiger partial charge in [-0.05, 0) is 12.8 Å². The van der Waals surface area contributed by atoms with Crippen molar-refractivity contribution in [3.05, 3.63) is 12.4 Å². The predicted octanol–water partition coefficient (Wildman–Crippen LogP) is 0.715. The highest BCUT2D eigenvalue weighted by atomic mass is 15.3. The van der Waals surface area contributed by atoms with Gasteiger partial charge in [0, 0.05) is 38.4 Å². The Hall–Kier alpha value is -1.52. The normalized spacial score (nSPS) is 15.3. The highest BCUT2D eigenvalue weighted by Gasteiger charge is 2.30. The van der Waals surface area contributed by atoms with Gasteiger partial charge < -0.3 is 15.2 Å². The highest BCUT2D eigenvalue weighted by Crippen LogP contribution is 2.30. The molecule has 5 nitrogen and oxygen atoms in total. The lowest BCUT2D eigenvalue weighted by molar-refractivity contribution is 0.732. The van der Waals surface area contributed by atoms with Crippen molar-refractivity contribution in [3.63, 3.8) is 0 Å². The number of anilines is 1. The molecule has 0 amide bonds. The van der Waals surface area contributed by atoms with E-state index in [1.165, 1.54) is 12.8 Å². The summed E-state index contributed by atoms with van der Waals surface area (Å²) in [4.78, 5) is 6.58. The van der Waals surface area contributed by atoms with E-state index in [4.69, 9.17) is 11.1 Å². The number of hydrogen-bond acceptors (Lipinski definition) is 3. The highest BCUT2D eigenvalue weighted by molar-refractivity contribution is 5.77. The van der Waals surface area contributed by atoms with Crippen LogP contribution in [0.3, 0.4) is 0 Å². The summed E-state index contributed by atoms with van der Waals surface area (Å²) < 4.78 is 2.01. The van der Waals surface area contributed by atoms with Crippen molar-refractivity contribution in [1.29, 1.82) is 5.41 Å². The van der Waals surface area contributed by atoms with Gasteiger partial charge >= 0.3 is 0 Å². The maximum atomic E-state index is 7.25. The van der Waals surface area contributed by atoms with Crippen molar-refractivity contribution >= 4 is 11.8 Å². The van der Waals surface area contributed by atoms with Crippen LogP contribution in [-0.4, -0.2) is 28.0 Å². The van der Waals surface area contributed by atoms with Gasteiger partial charge in [0.1, 0.15) is 0 Å². The van der Waals surface area contributed by atoms with Crippen LogP contribution in [0.25, 0.3) is 0 Å². The van der Waals surface area contributed by atoms with Crippen LogP contribution < -0.4 is 10.6 Å². The van der Waals surface area contributed by atoms with Gasteiger partial charge in [-0.3, -0.25) is 5.41 Å². The summed E-state index contributed by atoms with van der Waals surface area (Å²) in [6, 6.07) is 0.602. The lowest BCUT2D eigenvalue weighted by Crippen LogP contribution is -2.31. The molecule has 0 spiro atoms. The fourth-order valence-corrected chi connectivity index (χ4v) is 1.71. The van der Waals surface area contributed by atoms with Gasteiger partial charge in [0.05, 0.1) is 5.84 Å². The molecule has 1 aromatic rings. The monoisotopic (exact) mass is 207 g/mol. The number of nitrogens with zero attached hydrogens (tertiary/aromatic N) is 3. The second-order valence-corrected chi connectivity index (χ2v) is 4.04. The summed E-state index contributed by atoms with van der Waals surface area (Å²) in [7, 11) is 1.99. The molecular weight excluding hydrogens is 190 g/mol. The van der Waals surface area contributed by atoms with E-state index < -0.39 is 0 Å². The van der Waals surface area contributed by atoms with E-state index in [1.807, 2.05) is 17.8 Å². The first kappa shape index (κ1) is 10.0. The summed E-state index contributed by atoms with van der Waals surface area (Å²) >= 11 is 0. The summed E-state index contributed by atoms with van der Waals surface area (Å²) in [5, 5.41) is 7.25. The molecular formula is C10H17N5. The molecule has 1 aliphatic carbocycles. The van der Waals surface area contributed by atoms with Gasteiger partial charge in [-0.15, -0.1) is 0 Å². The van der Waals surface area contributed by atoms with E-state index in [0.717, 1.165) is 12.5 Å². The Labute approximate surface area is 89.4 Å². The molecule has 1 saturated carbocycles. The van der Waals surface area contributed by atoms with Crippen LogP contribution in [0.4, 0.5) is 5.95 Å². The molecule has 0 aliphatic heterocycles. The van der Waals surface area contributed by atoms with Crippen molar-refractivity contribution < 1.29 is 0 Å². The molecule has 15 heavy (non-hydrogen) atoms. The van der Waals surface area contributed by atoms with Crippen molar-refractivity contribution in [2.75, 3.05) is 11.4 Å². The molecule has 1 aromatic heterocycles. The third-order valence-electron chi connectivity index (χ3n) is 2.66. The van der Waals surface area contributed by atoms with E-state index in [0.29, 0.717) is 12.5 Å². The molecule has 3 N–H and O–H groups in total. The minimum absolute atomic E-state index is 0.245. The van der Waals surface area contributed by atoms with Gasteiger partial charge in [-0.25, -0.2) is 4.98 Å².